The lowest BCUT2D eigenvalue weighted by Gasteiger charge is -2.18. The van der Waals surface area contributed by atoms with E-state index in [4.69, 9.17) is 14.2 Å². The van der Waals surface area contributed by atoms with Gasteiger partial charge in [-0.25, -0.2) is 0 Å². The van der Waals surface area contributed by atoms with E-state index in [1.807, 2.05) is 0 Å². The molecule has 2 unspecified atom stereocenters. The van der Waals surface area contributed by atoms with Gasteiger partial charge >= 0.3 is 17.9 Å². The monoisotopic (exact) mass is 1000 g/mol. The van der Waals surface area contributed by atoms with Crippen LogP contribution in [0.5, 0.6) is 0 Å². The molecule has 0 aliphatic heterocycles. The Morgan fingerprint density at radius 3 is 0.732 bits per heavy atom. The zero-order valence-electron chi connectivity index (χ0n) is 49.0. The van der Waals surface area contributed by atoms with Gasteiger partial charge in [0.15, 0.2) is 6.10 Å². The van der Waals surface area contributed by atoms with Crippen LogP contribution in [-0.2, 0) is 28.6 Å². The number of ether oxygens (including phenoxy) is 3. The van der Waals surface area contributed by atoms with Gasteiger partial charge in [-0.15, -0.1) is 0 Å². The van der Waals surface area contributed by atoms with Gasteiger partial charge in [-0.1, -0.05) is 324 Å². The number of carbonyl (C=O) groups excluding carboxylic acids is 3. The van der Waals surface area contributed by atoms with E-state index in [9.17, 15) is 14.4 Å². The van der Waals surface area contributed by atoms with Gasteiger partial charge in [0.25, 0.3) is 0 Å². The van der Waals surface area contributed by atoms with Gasteiger partial charge in [0, 0.05) is 19.3 Å². The Hall–Kier alpha value is -1.59. The van der Waals surface area contributed by atoms with Crippen molar-refractivity contribution >= 4 is 17.9 Å². The van der Waals surface area contributed by atoms with Crippen molar-refractivity contribution in [1.82, 2.24) is 0 Å². The van der Waals surface area contributed by atoms with Crippen molar-refractivity contribution in [1.29, 1.82) is 0 Å². The molecule has 0 amide bonds. The summed E-state index contributed by atoms with van der Waals surface area (Å²) in [5, 5.41) is 0. The first-order valence-corrected chi connectivity index (χ1v) is 32.2. The first kappa shape index (κ1) is 69.4. The molecule has 0 saturated heterocycles. The first-order chi connectivity index (χ1) is 34.7. The van der Waals surface area contributed by atoms with Crippen LogP contribution in [0.25, 0.3) is 0 Å². The van der Waals surface area contributed by atoms with E-state index in [-0.39, 0.29) is 31.1 Å². The van der Waals surface area contributed by atoms with Gasteiger partial charge in [-0.3, -0.25) is 14.4 Å². The van der Waals surface area contributed by atoms with Gasteiger partial charge in [-0.2, -0.15) is 0 Å². The van der Waals surface area contributed by atoms with Gasteiger partial charge in [-0.05, 0) is 37.0 Å². The van der Waals surface area contributed by atoms with Crippen LogP contribution in [0, 0.1) is 17.8 Å². The van der Waals surface area contributed by atoms with E-state index < -0.39 is 6.10 Å². The normalized spacial score (nSPS) is 12.9. The van der Waals surface area contributed by atoms with Crippen molar-refractivity contribution in [2.24, 2.45) is 17.8 Å². The highest BCUT2D eigenvalue weighted by atomic mass is 16.6. The van der Waals surface area contributed by atoms with E-state index >= 15 is 0 Å². The molecule has 0 aromatic carbocycles. The second kappa shape index (κ2) is 56.1. The van der Waals surface area contributed by atoms with Crippen LogP contribution in [0.1, 0.15) is 363 Å². The van der Waals surface area contributed by atoms with E-state index in [2.05, 4.69) is 41.5 Å². The molecule has 0 spiro atoms. The minimum atomic E-state index is -0.765. The van der Waals surface area contributed by atoms with Crippen LogP contribution < -0.4 is 0 Å². The topological polar surface area (TPSA) is 78.9 Å². The number of rotatable bonds is 58. The van der Waals surface area contributed by atoms with E-state index in [0.717, 1.165) is 75.5 Å². The first-order valence-electron chi connectivity index (χ1n) is 32.2. The molecule has 71 heavy (non-hydrogen) atoms. The molecule has 0 heterocycles. The van der Waals surface area contributed by atoms with Crippen molar-refractivity contribution in [3.8, 4) is 0 Å². The summed E-state index contributed by atoms with van der Waals surface area (Å²) in [6.45, 7) is 13.9. The fourth-order valence-electron chi connectivity index (χ4n) is 10.00. The van der Waals surface area contributed by atoms with Gasteiger partial charge in [0.2, 0.25) is 0 Å². The summed E-state index contributed by atoms with van der Waals surface area (Å²) in [6.07, 6.45) is 60.9. The Labute approximate surface area is 444 Å². The third-order valence-corrected chi connectivity index (χ3v) is 15.6. The van der Waals surface area contributed by atoms with Crippen molar-refractivity contribution < 1.29 is 28.6 Å². The van der Waals surface area contributed by atoms with Crippen LogP contribution in [0.3, 0.4) is 0 Å². The molecule has 0 aromatic heterocycles. The molecule has 6 nitrogen and oxygen atoms in total. The molecule has 6 heteroatoms. The Bertz CT molecular complexity index is 1110. The van der Waals surface area contributed by atoms with E-state index in [0.29, 0.717) is 19.3 Å². The largest absolute Gasteiger partial charge is 0.462 e. The number of unbranched alkanes of at least 4 members (excludes halogenated alkanes) is 39. The molecule has 0 N–H and O–H groups in total. The zero-order chi connectivity index (χ0) is 51.9. The maximum Gasteiger partial charge on any atom is 0.306 e. The van der Waals surface area contributed by atoms with Gasteiger partial charge in [0.1, 0.15) is 13.2 Å². The Kier molecular flexibility index (Phi) is 54.9. The predicted octanol–water partition coefficient (Wildman–Crippen LogP) is 21.5. The SMILES string of the molecule is CCC(C)CCCCCCCCCCCCCCCCCCCCC(=O)OC[C@@H](COC(=O)CCCCCCCCCCCCCCCCC(C)C)OC(=O)CCCCCCCCCCCCC(C)CC. The molecule has 3 atom stereocenters. The zero-order valence-corrected chi connectivity index (χ0v) is 49.0. The molecule has 0 aromatic rings. The van der Waals surface area contributed by atoms with Crippen LogP contribution in [0.2, 0.25) is 0 Å². The highest BCUT2D eigenvalue weighted by Gasteiger charge is 2.19. The Morgan fingerprint density at radius 1 is 0.282 bits per heavy atom. The summed E-state index contributed by atoms with van der Waals surface area (Å²) in [7, 11) is 0. The van der Waals surface area contributed by atoms with Crippen LogP contribution in [0.4, 0.5) is 0 Å². The summed E-state index contributed by atoms with van der Waals surface area (Å²) in [4.78, 5) is 38.3. The summed E-state index contributed by atoms with van der Waals surface area (Å²) in [5.74, 6) is 1.79. The van der Waals surface area contributed by atoms with Crippen LogP contribution in [0.15, 0.2) is 0 Å². The summed E-state index contributed by atoms with van der Waals surface area (Å²) in [5.41, 5.74) is 0. The number of carbonyl (C=O) groups is 3. The van der Waals surface area contributed by atoms with Crippen molar-refractivity contribution in [3.05, 3.63) is 0 Å². The standard InChI is InChI=1S/C65H126O6/c1-7-60(5)52-46-40-34-28-22-18-13-11-9-10-12-14-19-23-30-36-42-48-54-63(66)69-57-62(71-65(68)56-50-44-38-32-26-25-29-35-41-47-53-61(6)8-2)58-70-64(67)55-49-43-37-31-24-20-16-15-17-21-27-33-39-45-51-59(3)4/h59-62H,7-58H2,1-6H3/t60?,61?,62-/m0/s1. The molecule has 0 saturated carbocycles. The maximum absolute atomic E-state index is 12.9. The average molecular weight is 1000 g/mol. The lowest BCUT2D eigenvalue weighted by molar-refractivity contribution is -0.167. The molecule has 0 fully saturated rings. The molecular weight excluding hydrogens is 877 g/mol. The van der Waals surface area contributed by atoms with Crippen LogP contribution in [-0.4, -0.2) is 37.2 Å². The molecule has 0 rings (SSSR count). The van der Waals surface area contributed by atoms with Gasteiger partial charge in [0.05, 0.1) is 0 Å². The van der Waals surface area contributed by atoms with E-state index in [1.54, 1.807) is 0 Å². The third-order valence-electron chi connectivity index (χ3n) is 15.6. The second-order valence-corrected chi connectivity index (χ2v) is 23.4. The van der Waals surface area contributed by atoms with Crippen molar-refractivity contribution in [3.63, 3.8) is 0 Å². The lowest BCUT2D eigenvalue weighted by Crippen LogP contribution is -2.30. The summed E-state index contributed by atoms with van der Waals surface area (Å²) >= 11 is 0. The highest BCUT2D eigenvalue weighted by Crippen LogP contribution is 2.20. The minimum Gasteiger partial charge on any atom is -0.462 e. The maximum atomic E-state index is 12.9. The van der Waals surface area contributed by atoms with Crippen molar-refractivity contribution in [2.75, 3.05) is 13.2 Å². The Morgan fingerprint density at radius 2 is 0.493 bits per heavy atom. The fourth-order valence-corrected chi connectivity index (χ4v) is 10.00. The summed E-state index contributed by atoms with van der Waals surface area (Å²) < 4.78 is 17.0. The minimum absolute atomic E-state index is 0.0628. The molecule has 0 aliphatic carbocycles. The fraction of sp³-hybridized carbons (Fsp3) is 0.954. The van der Waals surface area contributed by atoms with Gasteiger partial charge < -0.3 is 14.2 Å². The predicted molar refractivity (Wildman–Crippen MR) is 307 cm³/mol. The lowest BCUT2D eigenvalue weighted by atomic mass is 9.99. The molecular formula is C65H126O6. The Balaban J connectivity index is 4.25. The summed E-state index contributed by atoms with van der Waals surface area (Å²) in [6, 6.07) is 0. The molecule has 0 radical (unpaired) electrons. The highest BCUT2D eigenvalue weighted by molar-refractivity contribution is 5.71. The second-order valence-electron chi connectivity index (χ2n) is 23.4. The molecule has 0 aliphatic rings. The number of esters is 3. The third kappa shape index (κ3) is 56.0. The number of hydrogen-bond donors (Lipinski definition) is 0. The quantitative estimate of drug-likeness (QED) is 0.0343. The van der Waals surface area contributed by atoms with Crippen LogP contribution >= 0.6 is 0 Å². The average Bonchev–Trinajstić information content (AvgIpc) is 3.36. The van der Waals surface area contributed by atoms with E-state index in [1.165, 1.54) is 244 Å². The molecule has 0 bridgehead atoms. The van der Waals surface area contributed by atoms with Crippen molar-refractivity contribution in [2.45, 2.75) is 369 Å². The smallest absolute Gasteiger partial charge is 0.306 e. The number of hydrogen-bond acceptors (Lipinski definition) is 6. The molecule has 422 valence electrons.